The molecule has 0 aliphatic heterocycles. The Hall–Kier alpha value is -1.96. The lowest BCUT2D eigenvalue weighted by atomic mass is 10.1. The smallest absolute Gasteiger partial charge is 0.250 e. The summed E-state index contributed by atoms with van der Waals surface area (Å²) < 4.78 is 29.9. The van der Waals surface area contributed by atoms with Crippen molar-refractivity contribution in [2.45, 2.75) is 37.6 Å². The third-order valence-corrected chi connectivity index (χ3v) is 6.89. The minimum absolute atomic E-state index is 0.284. The normalized spacial score (nSPS) is 11.8. The van der Waals surface area contributed by atoms with Gasteiger partial charge in [-0.25, -0.2) is 13.1 Å². The summed E-state index contributed by atoms with van der Waals surface area (Å²) in [5.74, 6) is 0. The van der Waals surface area contributed by atoms with E-state index >= 15 is 0 Å². The molecule has 1 aromatic carbocycles. The lowest BCUT2D eigenvalue weighted by molar-refractivity contribution is 0.583. The molecule has 3 rings (SSSR count). The first-order chi connectivity index (χ1) is 12.0. The largest absolute Gasteiger partial charge is 0.265 e. The van der Waals surface area contributed by atoms with Crippen molar-refractivity contribution < 1.29 is 8.42 Å². The number of thiophene rings is 1. The topological polar surface area (TPSA) is 64.0 Å². The molecule has 5 nitrogen and oxygen atoms in total. The van der Waals surface area contributed by atoms with Crippen molar-refractivity contribution in [3.63, 3.8) is 0 Å². The number of hydrogen-bond donors (Lipinski definition) is 1. The zero-order valence-corrected chi connectivity index (χ0v) is 15.9. The average molecular weight is 376 g/mol. The van der Waals surface area contributed by atoms with Crippen LogP contribution in [0.4, 0.5) is 0 Å². The summed E-state index contributed by atoms with van der Waals surface area (Å²) in [6, 6.07) is 11.6. The van der Waals surface area contributed by atoms with E-state index in [1.54, 1.807) is 12.3 Å². The van der Waals surface area contributed by atoms with Gasteiger partial charge in [0.25, 0.3) is 0 Å². The van der Waals surface area contributed by atoms with E-state index in [1.807, 2.05) is 47.3 Å². The number of aryl methyl sites for hydroxylation is 2. The Morgan fingerprint density at radius 2 is 1.84 bits per heavy atom. The van der Waals surface area contributed by atoms with Crippen molar-refractivity contribution in [2.75, 3.05) is 0 Å². The Kier molecular flexibility index (Phi) is 5.36. The Labute approximate surface area is 152 Å². The molecule has 2 heterocycles. The molecule has 1 N–H and O–H groups in total. The highest BCUT2D eigenvalue weighted by Gasteiger charge is 2.18. The lowest BCUT2D eigenvalue weighted by Gasteiger charge is -2.06. The molecule has 0 radical (unpaired) electrons. The third-order valence-electron chi connectivity index (χ3n) is 4.05. The van der Waals surface area contributed by atoms with Gasteiger partial charge in [0, 0.05) is 30.2 Å². The Morgan fingerprint density at radius 1 is 1.12 bits per heavy atom. The fourth-order valence-corrected chi connectivity index (χ4v) is 4.80. The number of rotatable bonds is 7. The van der Waals surface area contributed by atoms with Crippen molar-refractivity contribution >= 4 is 21.4 Å². The molecule has 7 heteroatoms. The Morgan fingerprint density at radius 3 is 2.52 bits per heavy atom. The molecule has 0 spiro atoms. The van der Waals surface area contributed by atoms with Crippen LogP contribution in [0.1, 0.15) is 25.0 Å². The number of hydrogen-bond acceptors (Lipinski definition) is 4. The second kappa shape index (κ2) is 7.51. The van der Waals surface area contributed by atoms with Crippen molar-refractivity contribution in [1.29, 1.82) is 0 Å². The van der Waals surface area contributed by atoms with E-state index in [0.29, 0.717) is 4.21 Å². The molecule has 0 bridgehead atoms. The molecular formula is C18H21N3O2S2. The molecule has 0 aliphatic carbocycles. The fourth-order valence-electron chi connectivity index (χ4n) is 2.56. The first-order valence-electron chi connectivity index (χ1n) is 8.21. The van der Waals surface area contributed by atoms with E-state index in [2.05, 4.69) is 16.7 Å². The predicted molar refractivity (Wildman–Crippen MR) is 101 cm³/mol. The number of benzene rings is 1. The molecule has 0 saturated heterocycles. The zero-order valence-electron chi connectivity index (χ0n) is 14.3. The molecule has 0 atom stereocenters. The second-order valence-electron chi connectivity index (χ2n) is 5.68. The maximum absolute atomic E-state index is 12.5. The van der Waals surface area contributed by atoms with Crippen LogP contribution < -0.4 is 4.72 Å². The van der Waals surface area contributed by atoms with Crippen LogP contribution in [0.5, 0.6) is 0 Å². The van der Waals surface area contributed by atoms with Gasteiger partial charge in [-0.3, -0.25) is 4.68 Å². The number of sulfonamides is 1. The number of nitrogens with zero attached hydrogens (tertiary/aromatic N) is 2. The predicted octanol–water partition coefficient (Wildman–Crippen LogP) is 3.67. The molecule has 0 unspecified atom stereocenters. The molecule has 3 aromatic rings. The summed E-state index contributed by atoms with van der Waals surface area (Å²) in [4.78, 5) is 0. The standard InChI is InChI=1S/C18H21N3O2S2/c1-3-14-5-7-15(8-6-14)12-20-25(22,23)18-11-16(13-24-18)17-9-10-19-21(17)4-2/h5-11,13,20H,3-4,12H2,1-2H3. The summed E-state index contributed by atoms with van der Waals surface area (Å²) in [6.07, 6.45) is 2.70. The van der Waals surface area contributed by atoms with Gasteiger partial charge in [-0.05, 0) is 36.6 Å². The fraction of sp³-hybridized carbons (Fsp3) is 0.278. The molecular weight excluding hydrogens is 354 g/mol. The zero-order chi connectivity index (χ0) is 17.9. The van der Waals surface area contributed by atoms with Gasteiger partial charge < -0.3 is 0 Å². The van der Waals surface area contributed by atoms with Crippen LogP contribution in [0.3, 0.4) is 0 Å². The quantitative estimate of drug-likeness (QED) is 0.685. The maximum atomic E-state index is 12.5. The van der Waals surface area contributed by atoms with Gasteiger partial charge >= 0.3 is 0 Å². The molecule has 0 aliphatic rings. The SMILES string of the molecule is CCc1ccc(CNS(=O)(=O)c2cc(-c3ccnn3CC)cs2)cc1. The van der Waals surface area contributed by atoms with Crippen LogP contribution in [-0.4, -0.2) is 18.2 Å². The first-order valence-corrected chi connectivity index (χ1v) is 10.6. The number of aromatic nitrogens is 2. The molecule has 0 amide bonds. The third kappa shape index (κ3) is 4.00. The average Bonchev–Trinajstić information content (AvgIpc) is 3.29. The molecule has 25 heavy (non-hydrogen) atoms. The number of nitrogens with one attached hydrogen (secondary N) is 1. The van der Waals surface area contributed by atoms with Crippen LogP contribution in [0.15, 0.2) is 52.2 Å². The van der Waals surface area contributed by atoms with E-state index < -0.39 is 10.0 Å². The minimum atomic E-state index is -3.53. The van der Waals surface area contributed by atoms with Gasteiger partial charge in [-0.1, -0.05) is 31.2 Å². The molecule has 132 valence electrons. The van der Waals surface area contributed by atoms with Crippen molar-refractivity contribution in [3.8, 4) is 11.3 Å². The van der Waals surface area contributed by atoms with E-state index in [1.165, 1.54) is 16.9 Å². The summed E-state index contributed by atoms with van der Waals surface area (Å²) in [7, 11) is -3.53. The summed E-state index contributed by atoms with van der Waals surface area (Å²) in [5.41, 5.74) is 3.98. The van der Waals surface area contributed by atoms with E-state index in [-0.39, 0.29) is 6.54 Å². The van der Waals surface area contributed by atoms with Crippen LogP contribution in [0.2, 0.25) is 0 Å². The molecule has 0 saturated carbocycles. The highest BCUT2D eigenvalue weighted by atomic mass is 32.2. The highest BCUT2D eigenvalue weighted by molar-refractivity contribution is 7.91. The van der Waals surface area contributed by atoms with Gasteiger partial charge in [0.1, 0.15) is 4.21 Å². The van der Waals surface area contributed by atoms with E-state index in [9.17, 15) is 8.42 Å². The minimum Gasteiger partial charge on any atom is -0.265 e. The van der Waals surface area contributed by atoms with Crippen LogP contribution in [-0.2, 0) is 29.5 Å². The van der Waals surface area contributed by atoms with Crippen LogP contribution >= 0.6 is 11.3 Å². The van der Waals surface area contributed by atoms with Gasteiger partial charge in [0.15, 0.2) is 0 Å². The highest BCUT2D eigenvalue weighted by Crippen LogP contribution is 2.28. The van der Waals surface area contributed by atoms with Gasteiger partial charge in [-0.15, -0.1) is 11.3 Å². The summed E-state index contributed by atoms with van der Waals surface area (Å²) in [6.45, 7) is 5.13. The van der Waals surface area contributed by atoms with Gasteiger partial charge in [0.05, 0.1) is 5.69 Å². The van der Waals surface area contributed by atoms with Crippen molar-refractivity contribution in [3.05, 3.63) is 59.1 Å². The Balaban J connectivity index is 1.74. The van der Waals surface area contributed by atoms with Gasteiger partial charge in [0.2, 0.25) is 10.0 Å². The molecule has 2 aromatic heterocycles. The lowest BCUT2D eigenvalue weighted by Crippen LogP contribution is -2.22. The second-order valence-corrected chi connectivity index (χ2v) is 8.59. The van der Waals surface area contributed by atoms with Gasteiger partial charge in [-0.2, -0.15) is 5.10 Å². The molecule has 0 fully saturated rings. The van der Waals surface area contributed by atoms with Crippen molar-refractivity contribution in [2.24, 2.45) is 0 Å². The monoisotopic (exact) mass is 375 g/mol. The van der Waals surface area contributed by atoms with Crippen LogP contribution in [0, 0.1) is 0 Å². The van der Waals surface area contributed by atoms with E-state index in [4.69, 9.17) is 0 Å². The van der Waals surface area contributed by atoms with E-state index in [0.717, 1.165) is 29.8 Å². The maximum Gasteiger partial charge on any atom is 0.250 e. The summed E-state index contributed by atoms with van der Waals surface area (Å²) >= 11 is 1.22. The first kappa shape index (κ1) is 17.8. The van der Waals surface area contributed by atoms with Crippen molar-refractivity contribution in [1.82, 2.24) is 14.5 Å². The van der Waals surface area contributed by atoms with Crippen LogP contribution in [0.25, 0.3) is 11.3 Å². The Bertz CT molecular complexity index is 941. The summed E-state index contributed by atoms with van der Waals surface area (Å²) in [5, 5.41) is 6.08.